The predicted molar refractivity (Wildman–Crippen MR) is 99.3 cm³/mol. The standard InChI is InChI=1S/C20H18N4O/c1-3-22-20(25)24-19-10-17-9-16(7-13(2)18(17)12-23-19)15-6-4-5-14(8-15)11-21/h4-10,12H,3H2,1-2H3,(H2,22,23,24,25). The van der Waals surface area contributed by atoms with Gasteiger partial charge in [-0.25, -0.2) is 9.78 Å². The molecule has 3 rings (SSSR count). The molecule has 2 amide bonds. The number of nitrogens with zero attached hydrogens (tertiary/aromatic N) is 2. The van der Waals surface area contributed by atoms with Gasteiger partial charge in [-0.15, -0.1) is 0 Å². The van der Waals surface area contributed by atoms with Gasteiger partial charge in [0.05, 0.1) is 11.6 Å². The molecule has 0 aliphatic rings. The van der Waals surface area contributed by atoms with Gasteiger partial charge in [-0.05, 0) is 60.2 Å². The van der Waals surface area contributed by atoms with Crippen molar-refractivity contribution in [3.8, 4) is 17.2 Å². The number of carbonyl (C=O) groups excluding carboxylic acids is 1. The highest BCUT2D eigenvalue weighted by Gasteiger charge is 2.07. The minimum Gasteiger partial charge on any atom is -0.338 e. The van der Waals surface area contributed by atoms with Crippen molar-refractivity contribution in [1.29, 1.82) is 5.26 Å². The Morgan fingerprint density at radius 3 is 2.80 bits per heavy atom. The molecule has 124 valence electrons. The molecule has 0 bridgehead atoms. The summed E-state index contributed by atoms with van der Waals surface area (Å²) in [4.78, 5) is 16.0. The first-order chi connectivity index (χ1) is 12.1. The molecule has 2 aromatic carbocycles. The Kier molecular flexibility index (Phi) is 4.62. The number of fused-ring (bicyclic) bond motifs is 1. The Balaban J connectivity index is 2.04. The Bertz CT molecular complexity index is 989. The number of rotatable bonds is 3. The van der Waals surface area contributed by atoms with Crippen LogP contribution in [0.25, 0.3) is 21.9 Å². The van der Waals surface area contributed by atoms with Crippen LogP contribution >= 0.6 is 0 Å². The lowest BCUT2D eigenvalue weighted by Crippen LogP contribution is -2.28. The van der Waals surface area contributed by atoms with E-state index in [-0.39, 0.29) is 6.03 Å². The molecule has 0 fully saturated rings. The lowest BCUT2D eigenvalue weighted by Gasteiger charge is -2.10. The highest BCUT2D eigenvalue weighted by atomic mass is 16.2. The predicted octanol–water partition coefficient (Wildman–Crippen LogP) is 4.22. The third-order valence-corrected chi connectivity index (χ3v) is 3.95. The number of aromatic nitrogens is 1. The first-order valence-electron chi connectivity index (χ1n) is 8.06. The molecule has 0 saturated carbocycles. The van der Waals surface area contributed by atoms with E-state index in [9.17, 15) is 4.79 Å². The van der Waals surface area contributed by atoms with Gasteiger partial charge in [-0.2, -0.15) is 5.26 Å². The third kappa shape index (κ3) is 3.59. The van der Waals surface area contributed by atoms with Crippen molar-refractivity contribution in [2.75, 3.05) is 11.9 Å². The molecule has 0 aliphatic heterocycles. The van der Waals surface area contributed by atoms with Crippen LogP contribution < -0.4 is 10.6 Å². The molecule has 1 heterocycles. The van der Waals surface area contributed by atoms with Gasteiger partial charge >= 0.3 is 6.03 Å². The second-order valence-corrected chi connectivity index (χ2v) is 5.76. The summed E-state index contributed by atoms with van der Waals surface area (Å²) in [6.45, 7) is 4.44. The molecule has 0 aliphatic carbocycles. The SMILES string of the molecule is CCNC(=O)Nc1cc2cc(-c3cccc(C#N)c3)cc(C)c2cn1. The summed E-state index contributed by atoms with van der Waals surface area (Å²) in [5.74, 6) is 0.501. The van der Waals surface area contributed by atoms with Crippen LogP contribution in [0, 0.1) is 18.3 Å². The van der Waals surface area contributed by atoms with Gasteiger partial charge in [-0.1, -0.05) is 18.2 Å². The topological polar surface area (TPSA) is 77.8 Å². The van der Waals surface area contributed by atoms with Crippen LogP contribution in [0.4, 0.5) is 10.6 Å². The number of pyridine rings is 1. The molecule has 3 aromatic rings. The van der Waals surface area contributed by atoms with Gasteiger partial charge in [0.1, 0.15) is 5.82 Å². The Morgan fingerprint density at radius 1 is 1.20 bits per heavy atom. The third-order valence-electron chi connectivity index (χ3n) is 3.95. The first-order valence-corrected chi connectivity index (χ1v) is 8.06. The van der Waals surface area contributed by atoms with E-state index < -0.39 is 0 Å². The number of aryl methyl sites for hydroxylation is 1. The molecule has 0 saturated heterocycles. The fraction of sp³-hybridized carbons (Fsp3) is 0.150. The lowest BCUT2D eigenvalue weighted by molar-refractivity contribution is 0.252. The van der Waals surface area contributed by atoms with E-state index in [4.69, 9.17) is 5.26 Å². The van der Waals surface area contributed by atoms with Crippen LogP contribution in [0.1, 0.15) is 18.1 Å². The quantitative estimate of drug-likeness (QED) is 0.754. The maximum absolute atomic E-state index is 11.7. The summed E-state index contributed by atoms with van der Waals surface area (Å²) in [7, 11) is 0. The van der Waals surface area contributed by atoms with Crippen molar-refractivity contribution < 1.29 is 4.79 Å². The van der Waals surface area contributed by atoms with Crippen molar-refractivity contribution in [1.82, 2.24) is 10.3 Å². The summed E-state index contributed by atoms with van der Waals surface area (Å²) in [6, 6.07) is 15.4. The van der Waals surface area contributed by atoms with E-state index in [1.54, 1.807) is 12.3 Å². The number of urea groups is 1. The van der Waals surface area contributed by atoms with Crippen molar-refractivity contribution >= 4 is 22.6 Å². The number of hydrogen-bond acceptors (Lipinski definition) is 3. The van der Waals surface area contributed by atoms with Gasteiger partial charge in [0.15, 0.2) is 0 Å². The summed E-state index contributed by atoms with van der Waals surface area (Å²) in [5, 5.41) is 16.5. The summed E-state index contributed by atoms with van der Waals surface area (Å²) >= 11 is 0. The second kappa shape index (κ2) is 7.02. The van der Waals surface area contributed by atoms with Crippen molar-refractivity contribution in [2.24, 2.45) is 0 Å². The van der Waals surface area contributed by atoms with Crippen molar-refractivity contribution in [3.05, 3.63) is 59.8 Å². The zero-order chi connectivity index (χ0) is 17.8. The average molecular weight is 330 g/mol. The van der Waals surface area contributed by atoms with E-state index in [2.05, 4.69) is 27.8 Å². The normalized spacial score (nSPS) is 10.3. The first kappa shape index (κ1) is 16.5. The number of nitrogens with one attached hydrogen (secondary N) is 2. The zero-order valence-electron chi connectivity index (χ0n) is 14.1. The van der Waals surface area contributed by atoms with E-state index in [1.165, 1.54) is 0 Å². The Hall–Kier alpha value is -3.39. The van der Waals surface area contributed by atoms with E-state index in [1.807, 2.05) is 44.2 Å². The Morgan fingerprint density at radius 2 is 2.04 bits per heavy atom. The van der Waals surface area contributed by atoms with Crippen LogP contribution in [0.15, 0.2) is 48.7 Å². The van der Waals surface area contributed by atoms with E-state index >= 15 is 0 Å². The molecular formula is C20H18N4O. The number of anilines is 1. The van der Waals surface area contributed by atoms with Gasteiger partial charge in [-0.3, -0.25) is 5.32 Å². The molecule has 5 heteroatoms. The number of benzene rings is 2. The Labute approximate surface area is 146 Å². The molecular weight excluding hydrogens is 312 g/mol. The van der Waals surface area contributed by atoms with Gasteiger partial charge in [0.25, 0.3) is 0 Å². The minimum absolute atomic E-state index is 0.274. The van der Waals surface area contributed by atoms with Crippen LogP contribution in [-0.2, 0) is 0 Å². The molecule has 0 radical (unpaired) electrons. The molecule has 1 aromatic heterocycles. The minimum atomic E-state index is -0.274. The highest BCUT2D eigenvalue weighted by Crippen LogP contribution is 2.28. The maximum Gasteiger partial charge on any atom is 0.320 e. The molecule has 2 N–H and O–H groups in total. The number of nitriles is 1. The number of hydrogen-bond donors (Lipinski definition) is 2. The van der Waals surface area contributed by atoms with Gasteiger partial charge in [0.2, 0.25) is 0 Å². The van der Waals surface area contributed by atoms with E-state index in [0.717, 1.165) is 27.5 Å². The monoisotopic (exact) mass is 330 g/mol. The molecule has 0 atom stereocenters. The van der Waals surface area contributed by atoms with Gasteiger partial charge in [0, 0.05) is 18.1 Å². The summed E-state index contributed by atoms with van der Waals surface area (Å²) in [5.41, 5.74) is 3.73. The van der Waals surface area contributed by atoms with Crippen molar-refractivity contribution in [3.63, 3.8) is 0 Å². The van der Waals surface area contributed by atoms with Gasteiger partial charge < -0.3 is 5.32 Å². The number of carbonyl (C=O) groups is 1. The maximum atomic E-state index is 11.7. The molecule has 25 heavy (non-hydrogen) atoms. The van der Waals surface area contributed by atoms with Crippen LogP contribution in [-0.4, -0.2) is 17.6 Å². The highest BCUT2D eigenvalue weighted by molar-refractivity contribution is 5.94. The zero-order valence-corrected chi connectivity index (χ0v) is 14.1. The average Bonchev–Trinajstić information content (AvgIpc) is 2.61. The molecule has 5 nitrogen and oxygen atoms in total. The lowest BCUT2D eigenvalue weighted by atomic mass is 9.97. The largest absolute Gasteiger partial charge is 0.338 e. The number of amides is 2. The smallest absolute Gasteiger partial charge is 0.320 e. The second-order valence-electron chi connectivity index (χ2n) is 5.76. The summed E-state index contributed by atoms with van der Waals surface area (Å²) in [6.07, 6.45) is 1.77. The molecule has 0 spiro atoms. The summed E-state index contributed by atoms with van der Waals surface area (Å²) < 4.78 is 0. The van der Waals surface area contributed by atoms with Crippen LogP contribution in [0.5, 0.6) is 0 Å². The van der Waals surface area contributed by atoms with Crippen LogP contribution in [0.2, 0.25) is 0 Å². The van der Waals surface area contributed by atoms with E-state index in [0.29, 0.717) is 17.9 Å². The molecule has 0 unspecified atom stereocenters. The fourth-order valence-electron chi connectivity index (χ4n) is 2.76. The van der Waals surface area contributed by atoms with Crippen LogP contribution in [0.3, 0.4) is 0 Å². The van der Waals surface area contributed by atoms with Crippen molar-refractivity contribution in [2.45, 2.75) is 13.8 Å². The fourth-order valence-corrected chi connectivity index (χ4v) is 2.76.